The Hall–Kier alpha value is -0.800. The zero-order chi connectivity index (χ0) is 11.8. The van der Waals surface area contributed by atoms with Crippen molar-refractivity contribution >= 4 is 0 Å². The number of hydrogen-bond acceptors (Lipinski definition) is 3. The van der Waals surface area contributed by atoms with Crippen LogP contribution in [0.25, 0.3) is 0 Å². The summed E-state index contributed by atoms with van der Waals surface area (Å²) < 4.78 is 5.37. The lowest BCUT2D eigenvalue weighted by Crippen LogP contribution is -2.14. The predicted molar refractivity (Wildman–Crippen MR) is 65.0 cm³/mol. The van der Waals surface area contributed by atoms with E-state index in [9.17, 15) is 0 Å². The van der Waals surface area contributed by atoms with Crippen molar-refractivity contribution in [1.29, 1.82) is 0 Å². The van der Waals surface area contributed by atoms with Crippen molar-refractivity contribution < 1.29 is 9.52 Å². The standard InChI is InChI=1S/C13H23NO2/c1-11(2)5-3-4-8-14-9-12-6-7-13(10-15)16-12/h6-7,11,14-15H,3-5,8-10H2,1-2H3. The largest absolute Gasteiger partial charge is 0.462 e. The van der Waals surface area contributed by atoms with Crippen LogP contribution in [0.15, 0.2) is 16.5 Å². The summed E-state index contributed by atoms with van der Waals surface area (Å²) in [7, 11) is 0. The SMILES string of the molecule is CC(C)CCCCNCc1ccc(CO)o1. The third-order valence-electron chi connectivity index (χ3n) is 2.56. The van der Waals surface area contributed by atoms with Gasteiger partial charge in [0.15, 0.2) is 0 Å². The van der Waals surface area contributed by atoms with Gasteiger partial charge in [-0.2, -0.15) is 0 Å². The summed E-state index contributed by atoms with van der Waals surface area (Å²) in [4.78, 5) is 0. The smallest absolute Gasteiger partial charge is 0.129 e. The lowest BCUT2D eigenvalue weighted by atomic mass is 10.1. The van der Waals surface area contributed by atoms with Crippen molar-refractivity contribution in [2.75, 3.05) is 6.54 Å². The Morgan fingerprint density at radius 2 is 2.00 bits per heavy atom. The maximum atomic E-state index is 8.83. The van der Waals surface area contributed by atoms with Crippen molar-refractivity contribution in [3.05, 3.63) is 23.7 Å². The Morgan fingerprint density at radius 1 is 1.25 bits per heavy atom. The normalized spacial score (nSPS) is 11.2. The number of rotatable bonds is 8. The third-order valence-corrected chi connectivity index (χ3v) is 2.56. The van der Waals surface area contributed by atoms with Gasteiger partial charge in [-0.3, -0.25) is 0 Å². The molecule has 0 aliphatic carbocycles. The number of nitrogens with one attached hydrogen (secondary N) is 1. The number of unbranched alkanes of at least 4 members (excludes halogenated alkanes) is 1. The molecular weight excluding hydrogens is 202 g/mol. The summed E-state index contributed by atoms with van der Waals surface area (Å²) in [5.74, 6) is 2.33. The second-order valence-corrected chi connectivity index (χ2v) is 4.59. The van der Waals surface area contributed by atoms with Crippen LogP contribution in [-0.2, 0) is 13.2 Å². The van der Waals surface area contributed by atoms with E-state index in [1.165, 1.54) is 19.3 Å². The predicted octanol–water partition coefficient (Wildman–Crippen LogP) is 2.69. The molecule has 0 atom stereocenters. The first kappa shape index (κ1) is 13.3. The van der Waals surface area contributed by atoms with Crippen molar-refractivity contribution in [3.8, 4) is 0 Å². The molecule has 0 spiro atoms. The first-order valence-corrected chi connectivity index (χ1v) is 6.11. The van der Waals surface area contributed by atoms with E-state index in [1.807, 2.05) is 12.1 Å². The van der Waals surface area contributed by atoms with E-state index in [-0.39, 0.29) is 6.61 Å². The molecule has 16 heavy (non-hydrogen) atoms. The van der Waals surface area contributed by atoms with Gasteiger partial charge in [0.1, 0.15) is 18.1 Å². The van der Waals surface area contributed by atoms with Gasteiger partial charge in [0, 0.05) is 0 Å². The lowest BCUT2D eigenvalue weighted by molar-refractivity contribution is 0.242. The summed E-state index contributed by atoms with van der Waals surface area (Å²) in [5, 5.41) is 12.2. The van der Waals surface area contributed by atoms with Crippen molar-refractivity contribution in [2.45, 2.75) is 46.3 Å². The second-order valence-electron chi connectivity index (χ2n) is 4.59. The van der Waals surface area contributed by atoms with E-state index in [1.54, 1.807) is 0 Å². The van der Waals surface area contributed by atoms with Crippen LogP contribution in [0.3, 0.4) is 0 Å². The molecule has 1 aromatic rings. The van der Waals surface area contributed by atoms with Crippen LogP contribution < -0.4 is 5.32 Å². The molecule has 0 saturated carbocycles. The van der Waals surface area contributed by atoms with E-state index in [0.717, 1.165) is 24.8 Å². The second kappa shape index (κ2) is 7.47. The summed E-state index contributed by atoms with van der Waals surface area (Å²) >= 11 is 0. The zero-order valence-electron chi connectivity index (χ0n) is 10.3. The van der Waals surface area contributed by atoms with E-state index in [2.05, 4.69) is 19.2 Å². The number of furan rings is 1. The molecule has 0 saturated heterocycles. The average molecular weight is 225 g/mol. The maximum Gasteiger partial charge on any atom is 0.129 e. The minimum Gasteiger partial charge on any atom is -0.462 e. The fourth-order valence-electron chi connectivity index (χ4n) is 1.62. The third kappa shape index (κ3) is 5.33. The van der Waals surface area contributed by atoms with E-state index >= 15 is 0 Å². The summed E-state index contributed by atoms with van der Waals surface area (Å²) in [5.41, 5.74) is 0. The summed E-state index contributed by atoms with van der Waals surface area (Å²) in [6.45, 7) is 6.28. The molecule has 0 fully saturated rings. The van der Waals surface area contributed by atoms with Gasteiger partial charge in [-0.1, -0.05) is 26.7 Å². The highest BCUT2D eigenvalue weighted by Crippen LogP contribution is 2.08. The number of aliphatic hydroxyl groups excluding tert-OH is 1. The van der Waals surface area contributed by atoms with Gasteiger partial charge in [0.2, 0.25) is 0 Å². The quantitative estimate of drug-likeness (QED) is 0.669. The maximum absolute atomic E-state index is 8.83. The topological polar surface area (TPSA) is 45.4 Å². The molecule has 1 heterocycles. The van der Waals surface area contributed by atoms with Gasteiger partial charge in [-0.15, -0.1) is 0 Å². The van der Waals surface area contributed by atoms with E-state index < -0.39 is 0 Å². The number of aliphatic hydroxyl groups is 1. The molecule has 1 aromatic heterocycles. The molecule has 0 aliphatic heterocycles. The van der Waals surface area contributed by atoms with Crippen LogP contribution in [0.4, 0.5) is 0 Å². The van der Waals surface area contributed by atoms with Crippen LogP contribution in [0, 0.1) is 5.92 Å². The monoisotopic (exact) mass is 225 g/mol. The molecule has 3 heteroatoms. The molecule has 0 radical (unpaired) electrons. The van der Waals surface area contributed by atoms with Gasteiger partial charge in [0.25, 0.3) is 0 Å². The van der Waals surface area contributed by atoms with E-state index in [0.29, 0.717) is 5.76 Å². The van der Waals surface area contributed by atoms with Crippen molar-refractivity contribution in [2.24, 2.45) is 5.92 Å². The molecule has 1 rings (SSSR count). The fraction of sp³-hybridized carbons (Fsp3) is 0.692. The highest BCUT2D eigenvalue weighted by Gasteiger charge is 2.00. The Kier molecular flexibility index (Phi) is 6.19. The molecule has 0 unspecified atom stereocenters. The highest BCUT2D eigenvalue weighted by atomic mass is 16.4. The Bertz CT molecular complexity index is 281. The minimum atomic E-state index is -0.0195. The van der Waals surface area contributed by atoms with Gasteiger partial charge in [-0.05, 0) is 31.0 Å². The molecule has 0 aromatic carbocycles. The summed E-state index contributed by atoms with van der Waals surface area (Å²) in [6.07, 6.45) is 3.80. The first-order chi connectivity index (χ1) is 7.72. The van der Waals surface area contributed by atoms with Gasteiger partial charge in [-0.25, -0.2) is 0 Å². The zero-order valence-corrected chi connectivity index (χ0v) is 10.3. The Morgan fingerprint density at radius 3 is 2.62 bits per heavy atom. The minimum absolute atomic E-state index is 0.0195. The molecular formula is C13H23NO2. The van der Waals surface area contributed by atoms with Crippen LogP contribution in [0.5, 0.6) is 0 Å². The molecule has 0 aliphatic rings. The lowest BCUT2D eigenvalue weighted by Gasteiger charge is -2.05. The molecule has 3 nitrogen and oxygen atoms in total. The first-order valence-electron chi connectivity index (χ1n) is 6.11. The van der Waals surface area contributed by atoms with Crippen LogP contribution in [0.1, 0.15) is 44.6 Å². The highest BCUT2D eigenvalue weighted by molar-refractivity contribution is 5.05. The van der Waals surface area contributed by atoms with Crippen LogP contribution >= 0.6 is 0 Å². The van der Waals surface area contributed by atoms with Gasteiger partial charge >= 0.3 is 0 Å². The van der Waals surface area contributed by atoms with Crippen LogP contribution in [-0.4, -0.2) is 11.7 Å². The van der Waals surface area contributed by atoms with Gasteiger partial charge < -0.3 is 14.8 Å². The summed E-state index contributed by atoms with van der Waals surface area (Å²) in [6, 6.07) is 3.72. The molecule has 0 amide bonds. The molecule has 92 valence electrons. The molecule has 0 bridgehead atoms. The Labute approximate surface area is 97.9 Å². The van der Waals surface area contributed by atoms with Crippen molar-refractivity contribution in [1.82, 2.24) is 5.32 Å². The van der Waals surface area contributed by atoms with Gasteiger partial charge in [0.05, 0.1) is 6.54 Å². The van der Waals surface area contributed by atoms with Crippen LogP contribution in [0.2, 0.25) is 0 Å². The Balaban J connectivity index is 2.02. The fourth-order valence-corrected chi connectivity index (χ4v) is 1.62. The molecule has 2 N–H and O–H groups in total. The van der Waals surface area contributed by atoms with Crippen molar-refractivity contribution in [3.63, 3.8) is 0 Å². The average Bonchev–Trinajstić information content (AvgIpc) is 2.70. The number of hydrogen-bond donors (Lipinski definition) is 2. The van der Waals surface area contributed by atoms with E-state index in [4.69, 9.17) is 9.52 Å².